The number of aliphatic hydroxyl groups excluding tert-OH is 3. The molecule has 0 fully saturated rings. The summed E-state index contributed by atoms with van der Waals surface area (Å²) < 4.78 is 0. The lowest BCUT2D eigenvalue weighted by Crippen LogP contribution is -2.35. The second kappa shape index (κ2) is 4.69. The van der Waals surface area contributed by atoms with Crippen LogP contribution in [0.15, 0.2) is 0 Å². The van der Waals surface area contributed by atoms with E-state index in [1.165, 1.54) is 0 Å². The molecular weight excluding hydrogens is 172 g/mol. The van der Waals surface area contributed by atoms with Crippen LogP contribution in [-0.4, -0.2) is 39.9 Å². The summed E-state index contributed by atoms with van der Waals surface area (Å²) in [5.74, 6) is -0.319. The highest BCUT2D eigenvalue weighted by Gasteiger charge is 2.29. The molecule has 0 amide bonds. The summed E-state index contributed by atoms with van der Waals surface area (Å²) in [5, 5.41) is 26.8. The van der Waals surface area contributed by atoms with Gasteiger partial charge in [-0.05, 0) is 0 Å². The molecule has 78 valence electrons. The van der Waals surface area contributed by atoms with Crippen LogP contribution >= 0.6 is 0 Å². The van der Waals surface area contributed by atoms with Crippen LogP contribution in [0, 0.1) is 5.41 Å². The van der Waals surface area contributed by atoms with Crippen LogP contribution in [0.25, 0.3) is 0 Å². The number of rotatable bonds is 4. The molecule has 4 heteroatoms. The second-order valence-corrected chi connectivity index (χ2v) is 4.20. The molecule has 0 spiro atoms. The van der Waals surface area contributed by atoms with E-state index in [2.05, 4.69) is 0 Å². The van der Waals surface area contributed by atoms with Crippen LogP contribution < -0.4 is 0 Å². The molecule has 0 aliphatic heterocycles. The van der Waals surface area contributed by atoms with Crippen molar-refractivity contribution in [3.63, 3.8) is 0 Å². The molecule has 4 nitrogen and oxygen atoms in total. The largest absolute Gasteiger partial charge is 0.394 e. The first-order valence-electron chi connectivity index (χ1n) is 4.30. The minimum absolute atomic E-state index is 0.105. The quantitative estimate of drug-likeness (QED) is 0.569. The first-order chi connectivity index (χ1) is 5.79. The molecule has 2 atom stereocenters. The fourth-order valence-corrected chi connectivity index (χ4v) is 0.939. The van der Waals surface area contributed by atoms with Gasteiger partial charge in [0.15, 0.2) is 5.78 Å². The van der Waals surface area contributed by atoms with Gasteiger partial charge in [-0.1, -0.05) is 20.8 Å². The molecule has 0 saturated carbocycles. The van der Waals surface area contributed by atoms with Gasteiger partial charge in [0.25, 0.3) is 0 Å². The SMILES string of the molecule is CC(C)(C)C(=O)C(O)CC(O)CO. The fourth-order valence-electron chi connectivity index (χ4n) is 0.939. The van der Waals surface area contributed by atoms with Gasteiger partial charge in [-0.3, -0.25) is 4.79 Å². The first kappa shape index (κ1) is 12.6. The Morgan fingerprint density at radius 3 is 2.08 bits per heavy atom. The first-order valence-corrected chi connectivity index (χ1v) is 4.30. The van der Waals surface area contributed by atoms with Crippen molar-refractivity contribution in [1.29, 1.82) is 0 Å². The maximum Gasteiger partial charge on any atom is 0.166 e. The summed E-state index contributed by atoms with van der Waals surface area (Å²) in [6.07, 6.45) is -2.32. The Labute approximate surface area is 78.2 Å². The zero-order valence-corrected chi connectivity index (χ0v) is 8.32. The van der Waals surface area contributed by atoms with E-state index in [9.17, 15) is 9.90 Å². The minimum Gasteiger partial charge on any atom is -0.394 e. The van der Waals surface area contributed by atoms with E-state index in [1.54, 1.807) is 20.8 Å². The van der Waals surface area contributed by atoms with Gasteiger partial charge in [0.1, 0.15) is 6.10 Å². The summed E-state index contributed by atoms with van der Waals surface area (Å²) >= 11 is 0. The number of aliphatic hydroxyl groups is 3. The molecule has 13 heavy (non-hydrogen) atoms. The van der Waals surface area contributed by atoms with Crippen molar-refractivity contribution in [1.82, 2.24) is 0 Å². The average molecular weight is 190 g/mol. The molecule has 0 aliphatic rings. The lowest BCUT2D eigenvalue weighted by Gasteiger charge is -2.21. The van der Waals surface area contributed by atoms with E-state index in [1.807, 2.05) is 0 Å². The topological polar surface area (TPSA) is 77.8 Å². The van der Waals surface area contributed by atoms with Gasteiger partial charge in [-0.15, -0.1) is 0 Å². The van der Waals surface area contributed by atoms with Gasteiger partial charge >= 0.3 is 0 Å². The fraction of sp³-hybridized carbons (Fsp3) is 0.889. The Morgan fingerprint density at radius 2 is 1.77 bits per heavy atom. The van der Waals surface area contributed by atoms with Gasteiger partial charge in [-0.2, -0.15) is 0 Å². The predicted molar refractivity (Wildman–Crippen MR) is 48.2 cm³/mol. The molecule has 0 saturated heterocycles. The highest BCUT2D eigenvalue weighted by molar-refractivity contribution is 5.87. The standard InChI is InChI=1S/C9H18O4/c1-9(2,3)8(13)7(12)4-6(11)5-10/h6-7,10-12H,4-5H2,1-3H3. The van der Waals surface area contributed by atoms with Crippen LogP contribution in [0.4, 0.5) is 0 Å². The van der Waals surface area contributed by atoms with Crippen molar-refractivity contribution in [2.75, 3.05) is 6.61 Å². The molecule has 0 aromatic carbocycles. The van der Waals surface area contributed by atoms with E-state index >= 15 is 0 Å². The molecule has 0 aromatic heterocycles. The van der Waals surface area contributed by atoms with Gasteiger partial charge in [0, 0.05) is 11.8 Å². The van der Waals surface area contributed by atoms with Crippen molar-refractivity contribution in [2.24, 2.45) is 5.41 Å². The summed E-state index contributed by atoms with van der Waals surface area (Å²) in [7, 11) is 0. The molecule has 0 radical (unpaired) electrons. The van der Waals surface area contributed by atoms with E-state index < -0.39 is 24.2 Å². The molecule has 2 unspecified atom stereocenters. The third-order valence-corrected chi connectivity index (χ3v) is 1.75. The monoisotopic (exact) mass is 190 g/mol. The third-order valence-electron chi connectivity index (χ3n) is 1.75. The number of ketones is 1. The second-order valence-electron chi connectivity index (χ2n) is 4.20. The molecule has 0 heterocycles. The number of carbonyl (C=O) groups excluding carboxylic acids is 1. The van der Waals surface area contributed by atoms with Crippen LogP contribution in [0.3, 0.4) is 0 Å². The van der Waals surface area contributed by atoms with Crippen LogP contribution in [0.5, 0.6) is 0 Å². The van der Waals surface area contributed by atoms with E-state index in [0.29, 0.717) is 0 Å². The van der Waals surface area contributed by atoms with E-state index in [4.69, 9.17) is 10.2 Å². The van der Waals surface area contributed by atoms with Crippen molar-refractivity contribution in [2.45, 2.75) is 39.4 Å². The van der Waals surface area contributed by atoms with E-state index in [-0.39, 0.29) is 12.2 Å². The molecule has 0 rings (SSSR count). The van der Waals surface area contributed by atoms with Gasteiger partial charge in [-0.25, -0.2) is 0 Å². The van der Waals surface area contributed by atoms with Gasteiger partial charge < -0.3 is 15.3 Å². The Hall–Kier alpha value is -0.450. The van der Waals surface area contributed by atoms with Crippen molar-refractivity contribution >= 4 is 5.78 Å². The Balaban J connectivity index is 4.12. The number of hydrogen-bond donors (Lipinski definition) is 3. The molecule has 0 bridgehead atoms. The maximum atomic E-state index is 11.4. The Bertz CT molecular complexity index is 171. The Kier molecular flexibility index (Phi) is 4.53. The van der Waals surface area contributed by atoms with Crippen molar-refractivity contribution in [3.05, 3.63) is 0 Å². The summed E-state index contributed by atoms with van der Waals surface area (Å²) in [6, 6.07) is 0. The van der Waals surface area contributed by atoms with Crippen molar-refractivity contribution < 1.29 is 20.1 Å². The number of Topliss-reactive ketones (excluding diaryl/α,β-unsaturated/α-hetero) is 1. The normalized spacial score (nSPS) is 16.8. The van der Waals surface area contributed by atoms with Crippen LogP contribution in [-0.2, 0) is 4.79 Å². The van der Waals surface area contributed by atoms with Gasteiger partial charge in [0.05, 0.1) is 12.7 Å². The lowest BCUT2D eigenvalue weighted by atomic mass is 9.86. The summed E-state index contributed by atoms with van der Waals surface area (Å²) in [5.41, 5.74) is -0.616. The van der Waals surface area contributed by atoms with E-state index in [0.717, 1.165) is 0 Å². The van der Waals surface area contributed by atoms with Gasteiger partial charge in [0.2, 0.25) is 0 Å². The zero-order valence-electron chi connectivity index (χ0n) is 8.32. The number of carbonyl (C=O) groups is 1. The average Bonchev–Trinajstić information content (AvgIpc) is 2.01. The predicted octanol–water partition coefficient (Wildman–Crippen LogP) is -0.294. The zero-order chi connectivity index (χ0) is 10.6. The highest BCUT2D eigenvalue weighted by atomic mass is 16.3. The maximum absolute atomic E-state index is 11.4. The third kappa shape index (κ3) is 4.36. The Morgan fingerprint density at radius 1 is 1.31 bits per heavy atom. The summed E-state index contributed by atoms with van der Waals surface area (Å²) in [4.78, 5) is 11.4. The lowest BCUT2D eigenvalue weighted by molar-refractivity contribution is -0.136. The molecule has 0 aromatic rings. The highest BCUT2D eigenvalue weighted by Crippen LogP contribution is 2.18. The minimum atomic E-state index is -1.19. The molecule has 0 aliphatic carbocycles. The molecule has 3 N–H and O–H groups in total. The number of hydrogen-bond acceptors (Lipinski definition) is 4. The van der Waals surface area contributed by atoms with Crippen LogP contribution in [0.1, 0.15) is 27.2 Å². The smallest absolute Gasteiger partial charge is 0.166 e. The summed E-state index contributed by atoms with van der Waals surface area (Å²) in [6.45, 7) is 4.66. The van der Waals surface area contributed by atoms with Crippen molar-refractivity contribution in [3.8, 4) is 0 Å². The molecular formula is C9H18O4. The van der Waals surface area contributed by atoms with Crippen LogP contribution in [0.2, 0.25) is 0 Å².